The van der Waals surface area contributed by atoms with E-state index in [4.69, 9.17) is 5.11 Å². The number of benzene rings is 1. The zero-order valence-corrected chi connectivity index (χ0v) is 11.7. The Morgan fingerprint density at radius 2 is 1.86 bits per heavy atom. The van der Waals surface area contributed by atoms with Crippen LogP contribution in [0.3, 0.4) is 0 Å². The first-order valence-electron chi connectivity index (χ1n) is 7.28. The van der Waals surface area contributed by atoms with Crippen LogP contribution in [0.5, 0.6) is 0 Å². The van der Waals surface area contributed by atoms with E-state index >= 15 is 0 Å². The molecule has 2 saturated carbocycles. The average molecular weight is 291 g/mol. The molecular weight excluding hydrogens is 273 g/mol. The fourth-order valence-electron chi connectivity index (χ4n) is 2.82. The Morgan fingerprint density at radius 1 is 1.24 bits per heavy atom. The molecule has 112 valence electrons. The van der Waals surface area contributed by atoms with Crippen molar-refractivity contribution in [3.63, 3.8) is 0 Å². The largest absolute Gasteiger partial charge is 0.480 e. The lowest BCUT2D eigenvalue weighted by Crippen LogP contribution is -2.43. The number of amides is 1. The average Bonchev–Trinajstić information content (AvgIpc) is 3.32. The van der Waals surface area contributed by atoms with Crippen LogP contribution in [-0.2, 0) is 15.0 Å². The zero-order valence-electron chi connectivity index (χ0n) is 11.7. The van der Waals surface area contributed by atoms with E-state index in [9.17, 15) is 14.0 Å². The van der Waals surface area contributed by atoms with E-state index < -0.39 is 11.4 Å². The molecule has 0 unspecified atom stereocenters. The molecule has 1 aromatic rings. The number of hydrogen-bond acceptors (Lipinski definition) is 2. The van der Waals surface area contributed by atoms with Gasteiger partial charge in [-0.3, -0.25) is 9.59 Å². The van der Waals surface area contributed by atoms with Crippen molar-refractivity contribution in [2.24, 2.45) is 5.92 Å². The van der Waals surface area contributed by atoms with E-state index in [-0.39, 0.29) is 18.3 Å². The van der Waals surface area contributed by atoms with E-state index in [2.05, 4.69) is 0 Å². The fourth-order valence-corrected chi connectivity index (χ4v) is 2.82. The van der Waals surface area contributed by atoms with Crippen LogP contribution < -0.4 is 0 Å². The molecule has 4 nitrogen and oxygen atoms in total. The van der Waals surface area contributed by atoms with Crippen molar-refractivity contribution >= 4 is 11.9 Å². The van der Waals surface area contributed by atoms with Gasteiger partial charge in [-0.25, -0.2) is 4.39 Å². The monoisotopic (exact) mass is 291 g/mol. The topological polar surface area (TPSA) is 57.6 Å². The summed E-state index contributed by atoms with van der Waals surface area (Å²) in [5.41, 5.74) is 0.165. The van der Waals surface area contributed by atoms with Gasteiger partial charge in [0.2, 0.25) is 5.91 Å². The summed E-state index contributed by atoms with van der Waals surface area (Å²) in [7, 11) is 0. The molecule has 2 aliphatic rings. The highest BCUT2D eigenvalue weighted by molar-refractivity contribution is 5.93. The van der Waals surface area contributed by atoms with E-state index in [1.807, 2.05) is 0 Å². The quantitative estimate of drug-likeness (QED) is 0.874. The van der Waals surface area contributed by atoms with E-state index in [0.717, 1.165) is 18.4 Å². The van der Waals surface area contributed by atoms with Gasteiger partial charge < -0.3 is 10.0 Å². The molecule has 0 aromatic heterocycles. The van der Waals surface area contributed by atoms with Crippen molar-refractivity contribution in [3.05, 3.63) is 35.6 Å². The zero-order chi connectivity index (χ0) is 15.0. The first kappa shape index (κ1) is 14.0. The number of hydrogen-bond donors (Lipinski definition) is 1. The highest BCUT2D eigenvalue weighted by Crippen LogP contribution is 2.50. The van der Waals surface area contributed by atoms with Gasteiger partial charge in [0.15, 0.2) is 0 Å². The Kier molecular flexibility index (Phi) is 3.43. The van der Waals surface area contributed by atoms with Gasteiger partial charge in [0.05, 0.1) is 5.41 Å². The Labute approximate surface area is 122 Å². The first-order valence-corrected chi connectivity index (χ1v) is 7.28. The number of rotatable bonds is 6. The van der Waals surface area contributed by atoms with Crippen molar-refractivity contribution in [1.29, 1.82) is 0 Å². The molecule has 0 atom stereocenters. The normalized spacial score (nSPS) is 19.1. The summed E-state index contributed by atoms with van der Waals surface area (Å²) in [4.78, 5) is 25.3. The molecule has 5 heteroatoms. The second-order valence-electron chi connectivity index (χ2n) is 6.11. The second kappa shape index (κ2) is 5.13. The lowest BCUT2D eigenvalue weighted by Gasteiger charge is -2.26. The third-order valence-corrected chi connectivity index (χ3v) is 4.35. The Morgan fingerprint density at radius 3 is 2.33 bits per heavy atom. The maximum atomic E-state index is 13.0. The SMILES string of the molecule is O=C(O)CN(CC1CC1)C(=O)C1(c2ccc(F)cc2)CC1. The Bertz CT molecular complexity index is 561. The molecule has 1 amide bonds. The molecule has 0 heterocycles. The molecular formula is C16H18FNO3. The number of carboxylic acid groups (broad SMARTS) is 1. The predicted molar refractivity (Wildman–Crippen MR) is 74.3 cm³/mol. The summed E-state index contributed by atoms with van der Waals surface area (Å²) in [6.07, 6.45) is 3.54. The minimum atomic E-state index is -0.987. The van der Waals surface area contributed by atoms with Crippen molar-refractivity contribution in [2.75, 3.05) is 13.1 Å². The van der Waals surface area contributed by atoms with Crippen molar-refractivity contribution in [3.8, 4) is 0 Å². The van der Waals surface area contributed by atoms with Gasteiger partial charge in [-0.1, -0.05) is 12.1 Å². The molecule has 1 N–H and O–H groups in total. The number of nitrogens with zero attached hydrogens (tertiary/aromatic N) is 1. The predicted octanol–water partition coefficient (Wildman–Crippen LogP) is 2.18. The van der Waals surface area contributed by atoms with Gasteiger partial charge >= 0.3 is 5.97 Å². The molecule has 0 saturated heterocycles. The standard InChI is InChI=1S/C16H18FNO3/c17-13-5-3-12(4-6-13)16(7-8-16)15(21)18(10-14(19)20)9-11-1-2-11/h3-6,11H,1-2,7-10H2,(H,19,20). The van der Waals surface area contributed by atoms with E-state index in [1.54, 1.807) is 12.1 Å². The van der Waals surface area contributed by atoms with Crippen LogP contribution in [0, 0.1) is 11.7 Å². The lowest BCUT2D eigenvalue weighted by atomic mass is 9.94. The summed E-state index contributed by atoms with van der Waals surface area (Å²) in [6.45, 7) is 0.270. The molecule has 0 aliphatic heterocycles. The third-order valence-electron chi connectivity index (χ3n) is 4.35. The number of halogens is 1. The summed E-state index contributed by atoms with van der Waals surface area (Å²) in [5.74, 6) is -0.998. The molecule has 0 spiro atoms. The van der Waals surface area contributed by atoms with E-state index in [1.165, 1.54) is 17.0 Å². The van der Waals surface area contributed by atoms with Crippen molar-refractivity contribution in [2.45, 2.75) is 31.1 Å². The Hall–Kier alpha value is -1.91. The number of aliphatic carboxylic acids is 1. The number of carbonyl (C=O) groups excluding carboxylic acids is 1. The minimum absolute atomic E-state index is 0.122. The van der Waals surface area contributed by atoms with Gasteiger partial charge in [0.1, 0.15) is 12.4 Å². The molecule has 2 aliphatic carbocycles. The minimum Gasteiger partial charge on any atom is -0.480 e. The lowest BCUT2D eigenvalue weighted by molar-refractivity contribution is -0.145. The van der Waals surface area contributed by atoms with Crippen LogP contribution in [0.2, 0.25) is 0 Å². The molecule has 21 heavy (non-hydrogen) atoms. The van der Waals surface area contributed by atoms with Crippen LogP contribution in [0.4, 0.5) is 4.39 Å². The first-order chi connectivity index (χ1) is 10.0. The number of carbonyl (C=O) groups is 2. The maximum absolute atomic E-state index is 13.0. The summed E-state index contributed by atoms with van der Waals surface area (Å²) in [5, 5.41) is 9.02. The third kappa shape index (κ3) is 2.91. The van der Waals surface area contributed by atoms with Crippen LogP contribution in [0.1, 0.15) is 31.2 Å². The highest BCUT2D eigenvalue weighted by atomic mass is 19.1. The molecule has 3 rings (SSSR count). The highest BCUT2D eigenvalue weighted by Gasteiger charge is 2.53. The summed E-state index contributed by atoms with van der Waals surface area (Å²) in [6, 6.07) is 5.98. The summed E-state index contributed by atoms with van der Waals surface area (Å²) < 4.78 is 13.0. The van der Waals surface area contributed by atoms with Crippen molar-refractivity contribution < 1.29 is 19.1 Å². The molecule has 0 radical (unpaired) electrons. The van der Waals surface area contributed by atoms with Gasteiger partial charge in [-0.2, -0.15) is 0 Å². The second-order valence-corrected chi connectivity index (χ2v) is 6.11. The van der Waals surface area contributed by atoms with Crippen molar-refractivity contribution in [1.82, 2.24) is 4.90 Å². The molecule has 0 bridgehead atoms. The molecule has 1 aromatic carbocycles. The van der Waals surface area contributed by atoms with Gasteiger partial charge in [0, 0.05) is 6.54 Å². The summed E-state index contributed by atoms with van der Waals surface area (Å²) >= 11 is 0. The number of carboxylic acids is 1. The van der Waals surface area contributed by atoms with Crippen LogP contribution >= 0.6 is 0 Å². The van der Waals surface area contributed by atoms with Crippen LogP contribution in [0.25, 0.3) is 0 Å². The smallest absolute Gasteiger partial charge is 0.323 e. The van der Waals surface area contributed by atoms with Crippen LogP contribution in [0.15, 0.2) is 24.3 Å². The van der Waals surface area contributed by atoms with E-state index in [0.29, 0.717) is 25.3 Å². The van der Waals surface area contributed by atoms with Gasteiger partial charge in [0.25, 0.3) is 0 Å². The maximum Gasteiger partial charge on any atom is 0.323 e. The Balaban J connectivity index is 1.80. The van der Waals surface area contributed by atoms with Gasteiger partial charge in [-0.05, 0) is 49.3 Å². The molecule has 2 fully saturated rings. The van der Waals surface area contributed by atoms with Crippen LogP contribution in [-0.4, -0.2) is 35.0 Å². The van der Waals surface area contributed by atoms with Gasteiger partial charge in [-0.15, -0.1) is 0 Å². The fraction of sp³-hybridized carbons (Fsp3) is 0.500.